The summed E-state index contributed by atoms with van der Waals surface area (Å²) < 4.78 is 7.33. The van der Waals surface area contributed by atoms with E-state index in [-0.39, 0.29) is 24.1 Å². The average Bonchev–Trinajstić information content (AvgIpc) is 3.42. The number of ether oxygens (including phenoxy) is 1. The first-order valence-electron chi connectivity index (χ1n) is 9.88. The molecule has 1 atom stereocenters. The highest BCUT2D eigenvalue weighted by molar-refractivity contribution is 6.33. The highest BCUT2D eigenvalue weighted by Gasteiger charge is 2.31. The number of para-hydroxylation sites is 1. The molecule has 154 valence electrons. The Morgan fingerprint density at radius 3 is 2.62 bits per heavy atom. The minimum atomic E-state index is -0.383. The molecule has 8 nitrogen and oxygen atoms in total. The van der Waals surface area contributed by atoms with Crippen LogP contribution in [0.5, 0.6) is 0 Å². The number of halogens is 1. The van der Waals surface area contributed by atoms with Crippen LogP contribution in [0.4, 0.5) is 16.3 Å². The van der Waals surface area contributed by atoms with Crippen molar-refractivity contribution in [2.45, 2.75) is 37.8 Å². The molecule has 2 aromatic rings. The number of nitrogens with one attached hydrogen (secondary N) is 2. The highest BCUT2D eigenvalue weighted by atomic mass is 35.5. The zero-order chi connectivity index (χ0) is 20.2. The van der Waals surface area contributed by atoms with E-state index in [1.165, 1.54) is 0 Å². The fourth-order valence-electron chi connectivity index (χ4n) is 3.84. The molecule has 2 fully saturated rings. The second kappa shape index (κ2) is 8.84. The van der Waals surface area contributed by atoms with Gasteiger partial charge >= 0.3 is 6.03 Å². The smallest absolute Gasteiger partial charge is 0.324 e. The summed E-state index contributed by atoms with van der Waals surface area (Å²) in [5.41, 5.74) is 0.540. The molecule has 1 aromatic carbocycles. The molecule has 2 aliphatic heterocycles. The van der Waals surface area contributed by atoms with Crippen LogP contribution in [0.3, 0.4) is 0 Å². The summed E-state index contributed by atoms with van der Waals surface area (Å²) in [5, 5.41) is 10.4. The number of hydrogen-bond acceptors (Lipinski definition) is 4. The van der Waals surface area contributed by atoms with Crippen molar-refractivity contribution in [1.82, 2.24) is 14.7 Å². The Bertz CT molecular complexity index is 873. The number of amides is 3. The van der Waals surface area contributed by atoms with Crippen LogP contribution in [-0.4, -0.2) is 52.4 Å². The van der Waals surface area contributed by atoms with Crippen LogP contribution in [0.15, 0.2) is 36.5 Å². The second-order valence-corrected chi connectivity index (χ2v) is 7.69. The molecule has 29 heavy (non-hydrogen) atoms. The average molecular weight is 418 g/mol. The molecule has 9 heteroatoms. The number of nitrogens with zero attached hydrogens (tertiary/aromatic N) is 3. The van der Waals surface area contributed by atoms with Crippen molar-refractivity contribution in [1.29, 1.82) is 0 Å². The van der Waals surface area contributed by atoms with Gasteiger partial charge in [-0.1, -0.05) is 23.7 Å². The van der Waals surface area contributed by atoms with Crippen LogP contribution in [0, 0.1) is 0 Å². The lowest BCUT2D eigenvalue weighted by Gasteiger charge is -2.33. The molecule has 2 saturated heterocycles. The molecule has 3 amide bonds. The summed E-state index contributed by atoms with van der Waals surface area (Å²) in [6.45, 7) is 1.99. The third-order valence-corrected chi connectivity index (χ3v) is 5.69. The van der Waals surface area contributed by atoms with E-state index in [1.54, 1.807) is 36.5 Å². The molecule has 0 bridgehead atoms. The Kier molecular flexibility index (Phi) is 6.01. The molecule has 3 heterocycles. The summed E-state index contributed by atoms with van der Waals surface area (Å²) in [5.74, 6) is 0.706. The van der Waals surface area contributed by atoms with Crippen LogP contribution >= 0.6 is 11.6 Å². The van der Waals surface area contributed by atoms with E-state index in [2.05, 4.69) is 15.7 Å². The molecule has 4 rings (SSSR count). The molecule has 2 N–H and O–H groups in total. The molecule has 0 spiro atoms. The number of hydrogen-bond donors (Lipinski definition) is 2. The quantitative estimate of drug-likeness (QED) is 0.796. The molecule has 0 saturated carbocycles. The van der Waals surface area contributed by atoms with Gasteiger partial charge in [0, 0.05) is 25.8 Å². The number of likely N-dealkylation sites (tertiary alicyclic amines) is 1. The monoisotopic (exact) mass is 417 g/mol. The van der Waals surface area contributed by atoms with Crippen LogP contribution < -0.4 is 10.6 Å². The minimum absolute atomic E-state index is 0.0962. The molecule has 0 radical (unpaired) electrons. The van der Waals surface area contributed by atoms with Crippen molar-refractivity contribution in [3.05, 3.63) is 41.6 Å². The van der Waals surface area contributed by atoms with Crippen molar-refractivity contribution in [3.8, 4) is 0 Å². The standard InChI is InChI=1S/C20H24ClN5O3/c21-15-4-1-2-5-16(15)23-20(28)24-18-7-10-22-26(18)14-8-11-25(12-9-14)19(27)17-6-3-13-29-17/h1-2,4-5,7,10,14,17H,3,6,8-9,11-13H2,(H2,23,24,28)/t17-/m1/s1. The number of carbonyl (C=O) groups excluding carboxylic acids is 2. The largest absolute Gasteiger partial charge is 0.368 e. The second-order valence-electron chi connectivity index (χ2n) is 7.28. The van der Waals surface area contributed by atoms with Crippen LogP contribution in [0.2, 0.25) is 5.02 Å². The topological polar surface area (TPSA) is 88.5 Å². The van der Waals surface area contributed by atoms with E-state index in [1.807, 2.05) is 9.58 Å². The van der Waals surface area contributed by atoms with Gasteiger partial charge in [0.1, 0.15) is 11.9 Å². The van der Waals surface area contributed by atoms with E-state index in [9.17, 15) is 9.59 Å². The number of carbonyl (C=O) groups is 2. The lowest BCUT2D eigenvalue weighted by Crippen LogP contribution is -2.44. The SMILES string of the molecule is O=C(Nc1ccccc1Cl)Nc1ccnn1C1CCN(C(=O)[C@H]2CCCO2)CC1. The van der Waals surface area contributed by atoms with Gasteiger partial charge in [0.2, 0.25) is 0 Å². The predicted octanol–water partition coefficient (Wildman–Crippen LogP) is 3.52. The number of anilines is 2. The maximum atomic E-state index is 12.5. The van der Waals surface area contributed by atoms with Crippen molar-refractivity contribution < 1.29 is 14.3 Å². The summed E-state index contributed by atoms with van der Waals surface area (Å²) in [4.78, 5) is 26.8. The van der Waals surface area contributed by atoms with E-state index in [0.717, 1.165) is 25.7 Å². The van der Waals surface area contributed by atoms with Crippen LogP contribution in [0.1, 0.15) is 31.7 Å². The lowest BCUT2D eigenvalue weighted by atomic mass is 10.0. The fourth-order valence-corrected chi connectivity index (χ4v) is 4.03. The molecule has 2 aliphatic rings. The van der Waals surface area contributed by atoms with Gasteiger partial charge in [0.15, 0.2) is 0 Å². The van der Waals surface area contributed by atoms with Gasteiger partial charge in [0.05, 0.1) is 22.9 Å². The fraction of sp³-hybridized carbons (Fsp3) is 0.450. The molecular weight excluding hydrogens is 394 g/mol. The maximum Gasteiger partial charge on any atom is 0.324 e. The normalized spacial score (nSPS) is 19.9. The Balaban J connectivity index is 1.34. The summed E-state index contributed by atoms with van der Waals surface area (Å²) in [7, 11) is 0. The lowest BCUT2D eigenvalue weighted by molar-refractivity contribution is -0.142. The third kappa shape index (κ3) is 4.54. The van der Waals surface area contributed by atoms with Gasteiger partial charge in [-0.2, -0.15) is 5.10 Å². The first-order valence-corrected chi connectivity index (χ1v) is 10.3. The van der Waals surface area contributed by atoms with Crippen LogP contribution in [0.25, 0.3) is 0 Å². The minimum Gasteiger partial charge on any atom is -0.368 e. The number of benzene rings is 1. The first-order chi connectivity index (χ1) is 14.1. The summed E-state index contributed by atoms with van der Waals surface area (Å²) in [6, 6.07) is 8.55. The molecule has 0 unspecified atom stereocenters. The van der Waals surface area contributed by atoms with E-state index >= 15 is 0 Å². The van der Waals surface area contributed by atoms with Crippen LogP contribution in [-0.2, 0) is 9.53 Å². The van der Waals surface area contributed by atoms with E-state index in [0.29, 0.717) is 36.2 Å². The zero-order valence-electron chi connectivity index (χ0n) is 16.0. The molecular formula is C20H24ClN5O3. The summed E-state index contributed by atoms with van der Waals surface area (Å²) >= 11 is 6.09. The van der Waals surface area contributed by atoms with Gasteiger partial charge in [-0.3, -0.25) is 10.1 Å². The number of urea groups is 1. The van der Waals surface area contributed by atoms with Gasteiger partial charge in [-0.15, -0.1) is 0 Å². The summed E-state index contributed by atoms with van der Waals surface area (Å²) in [6.07, 6.45) is 4.71. The molecule has 1 aromatic heterocycles. The highest BCUT2D eigenvalue weighted by Crippen LogP contribution is 2.27. The Hall–Kier alpha value is -2.58. The molecule has 0 aliphatic carbocycles. The number of rotatable bonds is 4. The Labute approximate surface area is 174 Å². The zero-order valence-corrected chi connectivity index (χ0v) is 16.8. The van der Waals surface area contributed by atoms with Crippen molar-refractivity contribution in [2.24, 2.45) is 0 Å². The van der Waals surface area contributed by atoms with E-state index < -0.39 is 0 Å². The number of aromatic nitrogens is 2. The number of piperidine rings is 1. The van der Waals surface area contributed by atoms with Gasteiger partial charge in [-0.05, 0) is 37.8 Å². The van der Waals surface area contributed by atoms with Crippen molar-refractivity contribution >= 4 is 35.0 Å². The van der Waals surface area contributed by atoms with E-state index in [4.69, 9.17) is 16.3 Å². The van der Waals surface area contributed by atoms with Gasteiger partial charge < -0.3 is 15.0 Å². The van der Waals surface area contributed by atoms with Crippen molar-refractivity contribution in [3.63, 3.8) is 0 Å². The first kappa shape index (κ1) is 19.7. The Morgan fingerprint density at radius 1 is 1.10 bits per heavy atom. The maximum absolute atomic E-state index is 12.5. The third-order valence-electron chi connectivity index (χ3n) is 5.36. The predicted molar refractivity (Wildman–Crippen MR) is 110 cm³/mol. The van der Waals surface area contributed by atoms with Gasteiger partial charge in [0.25, 0.3) is 5.91 Å². The Morgan fingerprint density at radius 2 is 1.90 bits per heavy atom. The van der Waals surface area contributed by atoms with Gasteiger partial charge in [-0.25, -0.2) is 9.48 Å². The van der Waals surface area contributed by atoms with Crippen molar-refractivity contribution in [2.75, 3.05) is 30.3 Å².